The van der Waals surface area contributed by atoms with E-state index in [2.05, 4.69) is 4.98 Å². The van der Waals surface area contributed by atoms with E-state index in [4.69, 9.17) is 0 Å². The van der Waals surface area contributed by atoms with Gasteiger partial charge in [-0.1, -0.05) is 0 Å². The van der Waals surface area contributed by atoms with E-state index in [9.17, 15) is 4.79 Å². The van der Waals surface area contributed by atoms with Crippen LogP contribution in [-0.4, -0.2) is 29.3 Å². The summed E-state index contributed by atoms with van der Waals surface area (Å²) in [6.45, 7) is 1.52. The Bertz CT molecular complexity index is 514. The van der Waals surface area contributed by atoms with Crippen LogP contribution < -0.4 is 4.90 Å². The Labute approximate surface area is 88.2 Å². The quantitative estimate of drug-likeness (QED) is 0.696. The van der Waals surface area contributed by atoms with Crippen molar-refractivity contribution < 1.29 is 4.79 Å². The van der Waals surface area contributed by atoms with E-state index in [1.807, 2.05) is 37.3 Å². The first-order chi connectivity index (χ1) is 7.09. The lowest BCUT2D eigenvalue weighted by Crippen LogP contribution is -2.09. The molecule has 0 bridgehead atoms. The van der Waals surface area contributed by atoms with Gasteiger partial charge in [0.2, 0.25) is 0 Å². The van der Waals surface area contributed by atoms with Gasteiger partial charge in [0.15, 0.2) is 11.6 Å². The molecule has 0 amide bonds. The summed E-state index contributed by atoms with van der Waals surface area (Å²) < 4.78 is 1.80. The van der Waals surface area contributed by atoms with Gasteiger partial charge in [0.25, 0.3) is 0 Å². The van der Waals surface area contributed by atoms with Crippen molar-refractivity contribution in [3.05, 3.63) is 30.4 Å². The largest absolute Gasteiger partial charge is 0.378 e. The minimum atomic E-state index is -0.0207. The molecule has 0 unspecified atom stereocenters. The first-order valence-electron chi connectivity index (χ1n) is 4.75. The lowest BCUT2D eigenvalue weighted by atomic mass is 10.3. The van der Waals surface area contributed by atoms with Crippen molar-refractivity contribution in [1.29, 1.82) is 0 Å². The summed E-state index contributed by atoms with van der Waals surface area (Å²) in [6.07, 6.45) is 3.58. The SMILES string of the molecule is CC(=O)c1ncc2cc(N(C)C)ccn12. The second kappa shape index (κ2) is 3.38. The first kappa shape index (κ1) is 9.71. The molecule has 2 aromatic heterocycles. The van der Waals surface area contributed by atoms with Crippen molar-refractivity contribution in [2.75, 3.05) is 19.0 Å². The van der Waals surface area contributed by atoms with Crippen LogP contribution in [0.1, 0.15) is 17.5 Å². The fourth-order valence-electron chi connectivity index (χ4n) is 1.53. The maximum absolute atomic E-state index is 11.2. The summed E-state index contributed by atoms with van der Waals surface area (Å²) >= 11 is 0. The summed E-state index contributed by atoms with van der Waals surface area (Å²) in [5.41, 5.74) is 2.03. The summed E-state index contributed by atoms with van der Waals surface area (Å²) in [6, 6.07) is 3.96. The maximum Gasteiger partial charge on any atom is 0.195 e. The molecule has 0 N–H and O–H groups in total. The third-order valence-corrected chi connectivity index (χ3v) is 2.35. The monoisotopic (exact) mass is 203 g/mol. The van der Waals surface area contributed by atoms with Gasteiger partial charge in [-0.2, -0.15) is 0 Å². The Balaban J connectivity index is 2.61. The smallest absolute Gasteiger partial charge is 0.195 e. The lowest BCUT2D eigenvalue weighted by molar-refractivity contribution is 0.100. The molecule has 2 aromatic rings. The molecule has 0 aliphatic heterocycles. The number of nitrogens with zero attached hydrogens (tertiary/aromatic N) is 3. The van der Waals surface area contributed by atoms with Crippen molar-refractivity contribution >= 4 is 17.0 Å². The van der Waals surface area contributed by atoms with Gasteiger partial charge < -0.3 is 4.90 Å². The van der Waals surface area contributed by atoms with Crippen molar-refractivity contribution in [3.8, 4) is 0 Å². The highest BCUT2D eigenvalue weighted by molar-refractivity contribution is 5.91. The molecular formula is C11H13N3O. The molecule has 4 nitrogen and oxygen atoms in total. The number of aromatic nitrogens is 2. The van der Waals surface area contributed by atoms with Crippen molar-refractivity contribution in [1.82, 2.24) is 9.38 Å². The molecule has 0 atom stereocenters. The molecule has 4 heteroatoms. The third-order valence-electron chi connectivity index (χ3n) is 2.35. The highest BCUT2D eigenvalue weighted by atomic mass is 16.1. The van der Waals surface area contributed by atoms with Crippen molar-refractivity contribution in [2.24, 2.45) is 0 Å². The molecular weight excluding hydrogens is 190 g/mol. The number of anilines is 1. The molecule has 0 radical (unpaired) electrons. The summed E-state index contributed by atoms with van der Waals surface area (Å²) in [7, 11) is 3.96. The van der Waals surface area contributed by atoms with Gasteiger partial charge in [-0.05, 0) is 12.1 Å². The van der Waals surface area contributed by atoms with Gasteiger partial charge in [-0.25, -0.2) is 4.98 Å². The van der Waals surface area contributed by atoms with Crippen LogP contribution >= 0.6 is 0 Å². The molecule has 0 aliphatic carbocycles. The van der Waals surface area contributed by atoms with E-state index in [-0.39, 0.29) is 5.78 Å². The van der Waals surface area contributed by atoms with Crippen LogP contribution in [0.3, 0.4) is 0 Å². The first-order valence-corrected chi connectivity index (χ1v) is 4.75. The predicted octanol–water partition coefficient (Wildman–Crippen LogP) is 1.60. The number of pyridine rings is 1. The number of Topliss-reactive ketones (excluding diaryl/α,β-unsaturated/α-hetero) is 1. The second-order valence-corrected chi connectivity index (χ2v) is 3.71. The van der Waals surface area contributed by atoms with E-state index in [0.717, 1.165) is 11.2 Å². The molecule has 0 aliphatic rings. The van der Waals surface area contributed by atoms with Gasteiger partial charge in [0.05, 0.1) is 11.7 Å². The standard InChI is InChI=1S/C11H13N3O/c1-8(15)11-12-7-10-6-9(13(2)3)4-5-14(10)11/h4-7H,1-3H3. The van der Waals surface area contributed by atoms with Gasteiger partial charge in [0, 0.05) is 32.9 Å². The van der Waals surface area contributed by atoms with E-state index < -0.39 is 0 Å². The summed E-state index contributed by atoms with van der Waals surface area (Å²) in [5.74, 6) is 0.461. The van der Waals surface area contributed by atoms with Crippen LogP contribution in [0.15, 0.2) is 24.5 Å². The van der Waals surface area contributed by atoms with Crippen LogP contribution in [-0.2, 0) is 0 Å². The molecule has 0 saturated heterocycles. The Hall–Kier alpha value is -1.84. The Morgan fingerprint density at radius 2 is 2.20 bits per heavy atom. The molecule has 2 rings (SSSR count). The van der Waals surface area contributed by atoms with Crippen LogP contribution in [0.5, 0.6) is 0 Å². The Morgan fingerprint density at radius 3 is 2.80 bits per heavy atom. The summed E-state index contributed by atoms with van der Waals surface area (Å²) in [5, 5.41) is 0. The molecule has 0 aromatic carbocycles. The minimum absolute atomic E-state index is 0.0207. The average molecular weight is 203 g/mol. The molecule has 0 fully saturated rings. The number of carbonyl (C=O) groups excluding carboxylic acids is 1. The Kier molecular flexibility index (Phi) is 2.19. The van der Waals surface area contributed by atoms with Crippen LogP contribution in [0.4, 0.5) is 5.69 Å². The van der Waals surface area contributed by atoms with Gasteiger partial charge >= 0.3 is 0 Å². The van der Waals surface area contributed by atoms with Gasteiger partial charge in [0.1, 0.15) is 0 Å². The summed E-state index contributed by atoms with van der Waals surface area (Å²) in [4.78, 5) is 17.4. The van der Waals surface area contributed by atoms with E-state index >= 15 is 0 Å². The zero-order valence-electron chi connectivity index (χ0n) is 9.06. The predicted molar refractivity (Wildman–Crippen MR) is 59.5 cm³/mol. The van der Waals surface area contributed by atoms with Gasteiger partial charge in [-0.15, -0.1) is 0 Å². The van der Waals surface area contributed by atoms with Crippen molar-refractivity contribution in [3.63, 3.8) is 0 Å². The zero-order chi connectivity index (χ0) is 11.0. The lowest BCUT2D eigenvalue weighted by Gasteiger charge is -2.12. The Morgan fingerprint density at radius 1 is 1.47 bits per heavy atom. The van der Waals surface area contributed by atoms with E-state index in [0.29, 0.717) is 5.82 Å². The van der Waals surface area contributed by atoms with Crippen LogP contribution in [0, 0.1) is 0 Å². The third kappa shape index (κ3) is 1.58. The van der Waals surface area contributed by atoms with E-state index in [1.165, 1.54) is 6.92 Å². The number of fused-ring (bicyclic) bond motifs is 1. The number of carbonyl (C=O) groups is 1. The van der Waals surface area contributed by atoms with Gasteiger partial charge in [-0.3, -0.25) is 9.20 Å². The zero-order valence-corrected chi connectivity index (χ0v) is 9.06. The molecule has 0 spiro atoms. The molecule has 0 saturated carbocycles. The fourth-order valence-corrected chi connectivity index (χ4v) is 1.53. The van der Waals surface area contributed by atoms with E-state index in [1.54, 1.807) is 10.6 Å². The maximum atomic E-state index is 11.2. The molecule has 78 valence electrons. The number of rotatable bonds is 2. The topological polar surface area (TPSA) is 37.6 Å². The van der Waals surface area contributed by atoms with Crippen LogP contribution in [0.2, 0.25) is 0 Å². The molecule has 15 heavy (non-hydrogen) atoms. The fraction of sp³-hybridized carbons (Fsp3) is 0.273. The number of ketones is 1. The van der Waals surface area contributed by atoms with Crippen LogP contribution in [0.25, 0.3) is 5.52 Å². The van der Waals surface area contributed by atoms with Crippen molar-refractivity contribution in [2.45, 2.75) is 6.92 Å². The molecule has 2 heterocycles. The number of imidazole rings is 1. The minimum Gasteiger partial charge on any atom is -0.378 e. The second-order valence-electron chi connectivity index (χ2n) is 3.71. The normalized spacial score (nSPS) is 10.6. The number of hydrogen-bond donors (Lipinski definition) is 0. The highest BCUT2D eigenvalue weighted by Crippen LogP contribution is 2.16. The highest BCUT2D eigenvalue weighted by Gasteiger charge is 2.08. The number of hydrogen-bond acceptors (Lipinski definition) is 3. The average Bonchev–Trinajstić information content (AvgIpc) is 2.59.